The SMILES string of the molecule is CN(c1ccccc1)S(=O)(=O)c1ccc(C(=O)Nc2nc3ccc(F)cc3s2)cc1. The number of rotatable bonds is 5. The Balaban J connectivity index is 1.53. The molecule has 0 saturated carbocycles. The lowest BCUT2D eigenvalue weighted by Crippen LogP contribution is -2.26. The van der Waals surface area contributed by atoms with E-state index in [0.29, 0.717) is 21.0 Å². The van der Waals surface area contributed by atoms with E-state index in [4.69, 9.17) is 0 Å². The van der Waals surface area contributed by atoms with Gasteiger partial charge in [-0.15, -0.1) is 0 Å². The maximum absolute atomic E-state index is 13.3. The summed E-state index contributed by atoms with van der Waals surface area (Å²) in [5.74, 6) is -0.809. The number of hydrogen-bond donors (Lipinski definition) is 1. The highest BCUT2D eigenvalue weighted by Gasteiger charge is 2.21. The normalized spacial score (nSPS) is 11.4. The predicted octanol–water partition coefficient (Wildman–Crippen LogP) is 4.51. The lowest BCUT2D eigenvalue weighted by atomic mass is 10.2. The molecule has 1 N–H and O–H groups in total. The molecule has 0 bridgehead atoms. The topological polar surface area (TPSA) is 79.4 Å². The molecule has 0 aliphatic carbocycles. The van der Waals surface area contributed by atoms with Crippen LogP contribution in [0.2, 0.25) is 0 Å². The quantitative estimate of drug-likeness (QED) is 0.494. The van der Waals surface area contributed by atoms with Crippen LogP contribution in [0, 0.1) is 5.82 Å². The Hall–Kier alpha value is -3.30. The van der Waals surface area contributed by atoms with E-state index in [1.807, 2.05) is 0 Å². The summed E-state index contributed by atoms with van der Waals surface area (Å²) in [5.41, 5.74) is 1.40. The molecule has 0 fully saturated rings. The van der Waals surface area contributed by atoms with Crippen LogP contribution in [0.25, 0.3) is 10.2 Å². The number of carbonyl (C=O) groups excluding carboxylic acids is 1. The summed E-state index contributed by atoms with van der Waals surface area (Å²) in [6.45, 7) is 0. The number of halogens is 1. The molecule has 152 valence electrons. The molecule has 0 radical (unpaired) electrons. The van der Waals surface area contributed by atoms with Crippen LogP contribution in [-0.4, -0.2) is 26.4 Å². The van der Waals surface area contributed by atoms with Crippen molar-refractivity contribution in [3.05, 3.63) is 84.2 Å². The van der Waals surface area contributed by atoms with Gasteiger partial charge < -0.3 is 0 Å². The Morgan fingerprint density at radius 2 is 1.73 bits per heavy atom. The first-order chi connectivity index (χ1) is 14.3. The summed E-state index contributed by atoms with van der Waals surface area (Å²) >= 11 is 1.16. The van der Waals surface area contributed by atoms with E-state index < -0.39 is 15.9 Å². The van der Waals surface area contributed by atoms with Crippen LogP contribution in [0.5, 0.6) is 0 Å². The molecule has 3 aromatic carbocycles. The largest absolute Gasteiger partial charge is 0.298 e. The standard InChI is InChI=1S/C21H16FN3O3S2/c1-25(16-5-3-2-4-6-16)30(27,28)17-10-7-14(8-11-17)20(26)24-21-23-18-12-9-15(22)13-19(18)29-21/h2-13H,1H3,(H,23,24,26). The number of amides is 1. The van der Waals surface area contributed by atoms with Crippen molar-refractivity contribution < 1.29 is 17.6 Å². The van der Waals surface area contributed by atoms with Crippen LogP contribution >= 0.6 is 11.3 Å². The van der Waals surface area contributed by atoms with Crippen LogP contribution in [0.4, 0.5) is 15.2 Å². The summed E-state index contributed by atoms with van der Waals surface area (Å²) in [5, 5.41) is 2.99. The number of carbonyl (C=O) groups is 1. The van der Waals surface area contributed by atoms with Crippen molar-refractivity contribution in [2.24, 2.45) is 0 Å². The van der Waals surface area contributed by atoms with Gasteiger partial charge in [0.05, 0.1) is 20.8 Å². The molecule has 4 aromatic rings. The molecular weight excluding hydrogens is 425 g/mol. The molecule has 0 unspecified atom stereocenters. The lowest BCUT2D eigenvalue weighted by Gasteiger charge is -2.19. The Kier molecular flexibility index (Phi) is 5.23. The highest BCUT2D eigenvalue weighted by Crippen LogP contribution is 2.27. The van der Waals surface area contributed by atoms with Gasteiger partial charge >= 0.3 is 0 Å². The van der Waals surface area contributed by atoms with Crippen molar-refractivity contribution >= 4 is 48.3 Å². The van der Waals surface area contributed by atoms with E-state index in [0.717, 1.165) is 11.3 Å². The highest BCUT2D eigenvalue weighted by atomic mass is 32.2. The van der Waals surface area contributed by atoms with Crippen molar-refractivity contribution in [3.63, 3.8) is 0 Å². The third-order valence-electron chi connectivity index (χ3n) is 4.47. The van der Waals surface area contributed by atoms with Crippen LogP contribution in [0.1, 0.15) is 10.4 Å². The molecule has 1 heterocycles. The molecule has 0 atom stereocenters. The number of hydrogen-bond acceptors (Lipinski definition) is 5. The van der Waals surface area contributed by atoms with Crippen molar-refractivity contribution in [3.8, 4) is 0 Å². The Bertz CT molecular complexity index is 1320. The summed E-state index contributed by atoms with van der Waals surface area (Å²) in [6.07, 6.45) is 0. The van der Waals surface area contributed by atoms with Crippen molar-refractivity contribution in [1.82, 2.24) is 4.98 Å². The van der Waals surface area contributed by atoms with Gasteiger partial charge in [-0.25, -0.2) is 17.8 Å². The van der Waals surface area contributed by atoms with Crippen molar-refractivity contribution in [1.29, 1.82) is 0 Å². The molecular formula is C21H16FN3O3S2. The number of anilines is 2. The van der Waals surface area contributed by atoms with E-state index in [9.17, 15) is 17.6 Å². The van der Waals surface area contributed by atoms with Gasteiger partial charge in [-0.2, -0.15) is 0 Å². The first-order valence-electron chi connectivity index (χ1n) is 8.86. The summed E-state index contributed by atoms with van der Waals surface area (Å²) in [7, 11) is -2.29. The van der Waals surface area contributed by atoms with Crippen molar-refractivity contribution in [2.75, 3.05) is 16.7 Å². The van der Waals surface area contributed by atoms with E-state index in [1.165, 1.54) is 47.8 Å². The Labute approximate surface area is 176 Å². The molecule has 4 rings (SSSR count). The lowest BCUT2D eigenvalue weighted by molar-refractivity contribution is 0.102. The van der Waals surface area contributed by atoms with Gasteiger partial charge in [-0.05, 0) is 54.6 Å². The van der Waals surface area contributed by atoms with E-state index >= 15 is 0 Å². The molecule has 0 aliphatic heterocycles. The number of thiazole rings is 1. The summed E-state index contributed by atoms with van der Waals surface area (Å²) in [4.78, 5) is 16.8. The number of benzene rings is 3. The third-order valence-corrected chi connectivity index (χ3v) is 7.20. The molecule has 6 nitrogen and oxygen atoms in total. The van der Waals surface area contributed by atoms with Gasteiger partial charge in [0.1, 0.15) is 5.82 Å². The van der Waals surface area contributed by atoms with Crippen LogP contribution in [0.3, 0.4) is 0 Å². The number of nitrogens with one attached hydrogen (secondary N) is 1. The summed E-state index contributed by atoms with van der Waals surface area (Å²) < 4.78 is 40.8. The minimum atomic E-state index is -3.76. The van der Waals surface area contributed by atoms with Gasteiger partial charge in [0, 0.05) is 12.6 Å². The first kappa shape index (κ1) is 20.0. The maximum atomic E-state index is 13.3. The van der Waals surface area contributed by atoms with Gasteiger partial charge in [-0.1, -0.05) is 29.5 Å². The Morgan fingerprint density at radius 3 is 2.43 bits per heavy atom. The molecule has 0 spiro atoms. The van der Waals surface area contributed by atoms with Crippen LogP contribution in [0.15, 0.2) is 77.7 Å². The second-order valence-electron chi connectivity index (χ2n) is 6.42. The van der Waals surface area contributed by atoms with E-state index in [-0.39, 0.29) is 16.3 Å². The smallest absolute Gasteiger partial charge is 0.264 e. The average molecular weight is 442 g/mol. The maximum Gasteiger partial charge on any atom is 0.264 e. The van der Waals surface area contributed by atoms with Gasteiger partial charge in [0.15, 0.2) is 5.13 Å². The molecule has 1 amide bonds. The molecule has 0 aliphatic rings. The molecule has 30 heavy (non-hydrogen) atoms. The van der Waals surface area contributed by atoms with Gasteiger partial charge in [0.25, 0.3) is 15.9 Å². The van der Waals surface area contributed by atoms with Gasteiger partial charge in [-0.3, -0.25) is 14.4 Å². The molecule has 0 saturated heterocycles. The monoisotopic (exact) mass is 441 g/mol. The minimum absolute atomic E-state index is 0.0702. The average Bonchev–Trinajstić information content (AvgIpc) is 3.15. The number of nitrogens with zero attached hydrogens (tertiary/aromatic N) is 2. The number of fused-ring (bicyclic) bond motifs is 1. The number of para-hydroxylation sites is 1. The fraction of sp³-hybridized carbons (Fsp3) is 0.0476. The zero-order chi connectivity index (χ0) is 21.3. The van der Waals surface area contributed by atoms with Crippen molar-refractivity contribution in [2.45, 2.75) is 4.90 Å². The second kappa shape index (κ2) is 7.85. The molecule has 1 aromatic heterocycles. The zero-order valence-corrected chi connectivity index (χ0v) is 17.4. The predicted molar refractivity (Wildman–Crippen MR) is 116 cm³/mol. The fourth-order valence-electron chi connectivity index (χ4n) is 2.83. The highest BCUT2D eigenvalue weighted by molar-refractivity contribution is 7.92. The first-order valence-corrected chi connectivity index (χ1v) is 11.1. The number of aromatic nitrogens is 1. The Morgan fingerprint density at radius 1 is 1.03 bits per heavy atom. The zero-order valence-electron chi connectivity index (χ0n) is 15.7. The fourth-order valence-corrected chi connectivity index (χ4v) is 4.92. The minimum Gasteiger partial charge on any atom is -0.298 e. The van der Waals surface area contributed by atoms with E-state index in [1.54, 1.807) is 36.4 Å². The molecule has 9 heteroatoms. The second-order valence-corrected chi connectivity index (χ2v) is 9.42. The van der Waals surface area contributed by atoms with Gasteiger partial charge in [0.2, 0.25) is 0 Å². The van der Waals surface area contributed by atoms with Crippen LogP contribution < -0.4 is 9.62 Å². The third kappa shape index (κ3) is 3.89. The van der Waals surface area contributed by atoms with E-state index in [2.05, 4.69) is 10.3 Å². The summed E-state index contributed by atoms with van der Waals surface area (Å²) in [6, 6.07) is 18.6. The van der Waals surface area contributed by atoms with Crippen LogP contribution in [-0.2, 0) is 10.0 Å². The number of sulfonamides is 1.